The molecule has 7 atom stereocenters. The Morgan fingerprint density at radius 1 is 0.311 bits per heavy atom. The van der Waals surface area contributed by atoms with Gasteiger partial charge in [0, 0.05) is 25.7 Å². The highest BCUT2D eigenvalue weighted by molar-refractivity contribution is 7.47. The maximum atomic E-state index is 13.0. The van der Waals surface area contributed by atoms with Gasteiger partial charge in [-0.3, -0.25) is 37.3 Å². The van der Waals surface area contributed by atoms with Gasteiger partial charge in [0.25, 0.3) is 0 Å². The van der Waals surface area contributed by atoms with Crippen molar-refractivity contribution < 1.29 is 80.2 Å². The summed E-state index contributed by atoms with van der Waals surface area (Å²) < 4.78 is 68.2. The normalized spacial score (nSPS) is 14.7. The summed E-state index contributed by atoms with van der Waals surface area (Å²) in [4.78, 5) is 72.4. The third kappa shape index (κ3) is 62.2. The number of ether oxygens (including phenoxy) is 4. The van der Waals surface area contributed by atoms with E-state index >= 15 is 0 Å². The molecule has 0 radical (unpaired) electrons. The number of rotatable bonds is 70. The lowest BCUT2D eigenvalue weighted by Crippen LogP contribution is -2.30. The van der Waals surface area contributed by atoms with Crippen molar-refractivity contribution in [2.24, 2.45) is 11.8 Å². The second-order valence-electron chi connectivity index (χ2n) is 26.1. The summed E-state index contributed by atoms with van der Waals surface area (Å²) in [6.45, 7) is 9.49. The molecule has 0 saturated carbocycles. The molecule has 3 N–H and O–H groups in total. The van der Waals surface area contributed by atoms with Crippen LogP contribution in [0.15, 0.2) is 0 Å². The van der Waals surface area contributed by atoms with E-state index in [0.29, 0.717) is 25.7 Å². The van der Waals surface area contributed by atoms with E-state index in [1.165, 1.54) is 167 Å². The number of hydrogen-bond donors (Lipinski definition) is 3. The number of hydrogen-bond acceptors (Lipinski definition) is 15. The summed E-state index contributed by atoms with van der Waals surface area (Å²) in [5.41, 5.74) is 0. The van der Waals surface area contributed by atoms with Crippen LogP contribution in [-0.4, -0.2) is 96.7 Å². The maximum absolute atomic E-state index is 13.0. The second-order valence-corrected chi connectivity index (χ2v) is 29.0. The number of esters is 4. The van der Waals surface area contributed by atoms with Gasteiger partial charge in [0.15, 0.2) is 12.2 Å². The molecule has 0 saturated heterocycles. The molecule has 0 aromatic carbocycles. The Hall–Kier alpha value is -1.94. The van der Waals surface area contributed by atoms with Gasteiger partial charge in [0.2, 0.25) is 0 Å². The van der Waals surface area contributed by atoms with Crippen LogP contribution in [0.1, 0.15) is 363 Å². The van der Waals surface area contributed by atoms with Crippen LogP contribution in [0, 0.1) is 11.8 Å². The summed E-state index contributed by atoms with van der Waals surface area (Å²) in [5, 5.41) is 10.6. The van der Waals surface area contributed by atoms with E-state index in [1.807, 2.05) is 0 Å². The zero-order chi connectivity index (χ0) is 66.5. The maximum Gasteiger partial charge on any atom is 0.472 e. The van der Waals surface area contributed by atoms with Crippen molar-refractivity contribution in [3.8, 4) is 0 Å². The lowest BCUT2D eigenvalue weighted by atomic mass is 9.99. The molecule has 0 aliphatic carbocycles. The van der Waals surface area contributed by atoms with Crippen molar-refractivity contribution in [3.05, 3.63) is 0 Å². The van der Waals surface area contributed by atoms with Crippen molar-refractivity contribution in [1.82, 2.24) is 0 Å². The predicted molar refractivity (Wildman–Crippen MR) is 363 cm³/mol. The number of carbonyl (C=O) groups is 4. The first-order chi connectivity index (χ1) is 43.4. The van der Waals surface area contributed by atoms with Gasteiger partial charge in [-0.15, -0.1) is 0 Å². The zero-order valence-corrected chi connectivity index (χ0v) is 60.2. The number of unbranched alkanes of at least 4 members (excludes halogenated alkanes) is 38. The Morgan fingerprint density at radius 3 is 0.789 bits per heavy atom. The number of aliphatic hydroxyl groups is 1. The van der Waals surface area contributed by atoms with E-state index < -0.39 is 97.5 Å². The van der Waals surface area contributed by atoms with Crippen LogP contribution in [-0.2, 0) is 65.4 Å². The monoisotopic (exact) mass is 1320 g/mol. The third-order valence-electron chi connectivity index (χ3n) is 17.2. The molecule has 0 spiro atoms. The van der Waals surface area contributed by atoms with Crippen LogP contribution < -0.4 is 0 Å². The van der Waals surface area contributed by atoms with Crippen molar-refractivity contribution in [3.63, 3.8) is 0 Å². The van der Waals surface area contributed by atoms with Crippen LogP contribution >= 0.6 is 15.6 Å². The predicted octanol–water partition coefficient (Wildman–Crippen LogP) is 20.4. The molecular formula is C71H138O17P2. The smallest absolute Gasteiger partial charge is 0.462 e. The quantitative estimate of drug-likeness (QED) is 0.0222. The van der Waals surface area contributed by atoms with E-state index in [2.05, 4.69) is 41.5 Å². The minimum Gasteiger partial charge on any atom is -0.462 e. The second kappa shape index (κ2) is 63.1. The van der Waals surface area contributed by atoms with Crippen molar-refractivity contribution in [1.29, 1.82) is 0 Å². The molecule has 0 amide bonds. The van der Waals surface area contributed by atoms with Gasteiger partial charge in [-0.2, -0.15) is 0 Å². The van der Waals surface area contributed by atoms with E-state index in [9.17, 15) is 43.2 Å². The molecule has 19 heteroatoms. The van der Waals surface area contributed by atoms with Crippen LogP contribution in [0.2, 0.25) is 0 Å². The fraction of sp³-hybridized carbons (Fsp3) is 0.944. The molecule has 0 bridgehead atoms. The number of phosphoric acid groups is 2. The van der Waals surface area contributed by atoms with Gasteiger partial charge in [0.05, 0.1) is 26.4 Å². The SMILES string of the molecule is CCCCCCCCCCCCCCCCCCCCCC(=O)O[C@H](COC(=O)CCCCCCCCCCCCC(C)CC)COP(=O)(O)OC[C@@H](O)COP(=O)(O)OC[C@@H](COC(=O)CCCCCCCCC)OC(=O)CCCCCCCCC(C)CC. The molecule has 0 aromatic rings. The highest BCUT2D eigenvalue weighted by Gasteiger charge is 2.30. The summed E-state index contributed by atoms with van der Waals surface area (Å²) in [6, 6.07) is 0. The Morgan fingerprint density at radius 2 is 0.533 bits per heavy atom. The molecule has 534 valence electrons. The Balaban J connectivity index is 5.19. The van der Waals surface area contributed by atoms with Crippen LogP contribution in [0.25, 0.3) is 0 Å². The van der Waals surface area contributed by atoms with Crippen molar-refractivity contribution in [2.75, 3.05) is 39.6 Å². The van der Waals surface area contributed by atoms with Gasteiger partial charge in [-0.1, -0.05) is 311 Å². The molecule has 0 aromatic heterocycles. The highest BCUT2D eigenvalue weighted by Crippen LogP contribution is 2.45. The number of aliphatic hydroxyl groups excluding tert-OH is 1. The van der Waals surface area contributed by atoms with E-state index in [-0.39, 0.29) is 25.7 Å². The third-order valence-corrected chi connectivity index (χ3v) is 19.1. The van der Waals surface area contributed by atoms with Crippen LogP contribution in [0.3, 0.4) is 0 Å². The fourth-order valence-corrected chi connectivity index (χ4v) is 12.3. The molecule has 90 heavy (non-hydrogen) atoms. The molecule has 17 nitrogen and oxygen atoms in total. The first-order valence-corrected chi connectivity index (χ1v) is 40.1. The lowest BCUT2D eigenvalue weighted by molar-refractivity contribution is -0.161. The molecular weight excluding hydrogens is 1190 g/mol. The standard InChI is InChI=1S/C71H138O17P2/c1-7-11-13-15-17-18-19-20-21-22-23-24-25-26-27-32-36-43-49-55-70(75)87-66(60-82-69(74)54-48-42-35-31-29-28-30-34-39-45-51-63(5)9-3)61-85-89(77,78)83-57-65(72)58-84-90(79,80)86-62-67(59-81-68(73)53-47-41-33-16-14-12-8-2)88-71(76)56-50-44-38-37-40-46-52-64(6)10-4/h63-67,72H,7-62H2,1-6H3,(H,77,78)(H,79,80)/t63?,64?,65-,66-,67-/m1/s1. The number of carbonyl (C=O) groups excluding carboxylic acids is 4. The highest BCUT2D eigenvalue weighted by atomic mass is 31.2. The Labute approximate surface area is 549 Å². The zero-order valence-electron chi connectivity index (χ0n) is 58.4. The summed E-state index contributed by atoms with van der Waals surface area (Å²) in [6.07, 6.45) is 48.8. The first-order valence-electron chi connectivity index (χ1n) is 37.1. The molecule has 0 rings (SSSR count). The van der Waals surface area contributed by atoms with Gasteiger partial charge >= 0.3 is 39.5 Å². The summed E-state index contributed by atoms with van der Waals surface area (Å²) in [5.74, 6) is -0.600. The van der Waals surface area contributed by atoms with Crippen LogP contribution in [0.5, 0.6) is 0 Å². The van der Waals surface area contributed by atoms with Crippen LogP contribution in [0.4, 0.5) is 0 Å². The van der Waals surface area contributed by atoms with Gasteiger partial charge in [-0.05, 0) is 37.5 Å². The average Bonchev–Trinajstić information content (AvgIpc) is 3.39. The van der Waals surface area contributed by atoms with Gasteiger partial charge in [-0.25, -0.2) is 9.13 Å². The minimum absolute atomic E-state index is 0.103. The minimum atomic E-state index is -4.95. The lowest BCUT2D eigenvalue weighted by Gasteiger charge is -2.21. The number of phosphoric ester groups is 2. The first kappa shape index (κ1) is 88.1. The fourth-order valence-electron chi connectivity index (χ4n) is 10.7. The van der Waals surface area contributed by atoms with Crippen molar-refractivity contribution >= 4 is 39.5 Å². The topological polar surface area (TPSA) is 237 Å². The summed E-state index contributed by atoms with van der Waals surface area (Å²) >= 11 is 0. The van der Waals surface area contributed by atoms with Gasteiger partial charge in [0.1, 0.15) is 19.3 Å². The molecule has 0 fully saturated rings. The molecule has 0 aliphatic rings. The molecule has 0 aliphatic heterocycles. The average molecular weight is 1330 g/mol. The van der Waals surface area contributed by atoms with Crippen molar-refractivity contribution in [2.45, 2.75) is 381 Å². The Bertz CT molecular complexity index is 1760. The van der Waals surface area contributed by atoms with E-state index in [0.717, 1.165) is 115 Å². The van der Waals surface area contributed by atoms with E-state index in [1.54, 1.807) is 0 Å². The Kier molecular flexibility index (Phi) is 61.8. The largest absolute Gasteiger partial charge is 0.472 e. The van der Waals surface area contributed by atoms with Gasteiger partial charge < -0.3 is 33.8 Å². The summed E-state index contributed by atoms with van der Waals surface area (Å²) in [7, 11) is -9.90. The van der Waals surface area contributed by atoms with E-state index in [4.69, 9.17) is 37.0 Å². The molecule has 4 unspecified atom stereocenters. The molecule has 0 heterocycles.